The molecule has 1 saturated heterocycles. The summed E-state index contributed by atoms with van der Waals surface area (Å²) in [6.45, 7) is 4.23. The molecule has 2 aromatic rings. The van der Waals surface area contributed by atoms with Crippen LogP contribution in [0, 0.1) is 12.8 Å². The Morgan fingerprint density at radius 3 is 2.37 bits per heavy atom. The molecule has 1 heterocycles. The van der Waals surface area contributed by atoms with Gasteiger partial charge in [-0.2, -0.15) is 0 Å². The van der Waals surface area contributed by atoms with Gasteiger partial charge in [-0.15, -0.1) is 0 Å². The molecule has 1 N–H and O–H groups in total. The topological polar surface area (TPSA) is 77.1 Å². The molecule has 2 amide bonds. The number of anilines is 1. The van der Waals surface area contributed by atoms with E-state index >= 15 is 0 Å². The number of carbonyl (C=O) groups is 2. The SMILES string of the molecule is COc1ccc(N2CC(C(=O)NC(C)c3cc(C)ccc3OC)CC2=O)cc1OC. The number of aryl methyl sites for hydroxylation is 1. The monoisotopic (exact) mass is 412 g/mol. The average Bonchev–Trinajstić information content (AvgIpc) is 3.14. The van der Waals surface area contributed by atoms with Crippen molar-refractivity contribution < 1.29 is 23.8 Å². The van der Waals surface area contributed by atoms with Gasteiger partial charge in [-0.1, -0.05) is 17.7 Å². The van der Waals surface area contributed by atoms with Gasteiger partial charge in [0.25, 0.3) is 0 Å². The van der Waals surface area contributed by atoms with E-state index in [2.05, 4.69) is 5.32 Å². The molecule has 1 fully saturated rings. The lowest BCUT2D eigenvalue weighted by Gasteiger charge is -2.21. The lowest BCUT2D eigenvalue weighted by molar-refractivity contribution is -0.126. The Morgan fingerprint density at radius 2 is 1.70 bits per heavy atom. The minimum atomic E-state index is -0.427. The third kappa shape index (κ3) is 4.35. The molecule has 2 aromatic carbocycles. The Bertz CT molecular complexity index is 943. The lowest BCUT2D eigenvalue weighted by Crippen LogP contribution is -2.34. The summed E-state index contributed by atoms with van der Waals surface area (Å²) in [4.78, 5) is 27.1. The van der Waals surface area contributed by atoms with E-state index in [9.17, 15) is 9.59 Å². The maximum Gasteiger partial charge on any atom is 0.227 e. The van der Waals surface area contributed by atoms with Crippen LogP contribution < -0.4 is 24.4 Å². The van der Waals surface area contributed by atoms with Crippen molar-refractivity contribution >= 4 is 17.5 Å². The molecule has 0 bridgehead atoms. The molecule has 7 nitrogen and oxygen atoms in total. The van der Waals surface area contributed by atoms with Crippen LogP contribution in [-0.4, -0.2) is 39.7 Å². The third-order valence-electron chi connectivity index (χ3n) is 5.39. The van der Waals surface area contributed by atoms with Crippen LogP contribution in [0.3, 0.4) is 0 Å². The second kappa shape index (κ2) is 9.07. The van der Waals surface area contributed by atoms with Crippen LogP contribution in [0.25, 0.3) is 0 Å². The second-order valence-electron chi connectivity index (χ2n) is 7.42. The fourth-order valence-electron chi connectivity index (χ4n) is 3.73. The van der Waals surface area contributed by atoms with Gasteiger partial charge in [-0.05, 0) is 32.0 Å². The van der Waals surface area contributed by atoms with E-state index in [4.69, 9.17) is 14.2 Å². The molecule has 0 saturated carbocycles. The Kier molecular flexibility index (Phi) is 6.50. The number of ether oxygens (including phenoxy) is 3. The van der Waals surface area contributed by atoms with Crippen LogP contribution in [0.2, 0.25) is 0 Å². The number of hydrogen-bond acceptors (Lipinski definition) is 5. The summed E-state index contributed by atoms with van der Waals surface area (Å²) in [7, 11) is 4.72. The highest BCUT2D eigenvalue weighted by molar-refractivity contribution is 6.00. The van der Waals surface area contributed by atoms with Gasteiger partial charge >= 0.3 is 0 Å². The summed E-state index contributed by atoms with van der Waals surface area (Å²) in [5.41, 5.74) is 2.68. The zero-order valence-electron chi connectivity index (χ0n) is 18.0. The van der Waals surface area contributed by atoms with Gasteiger partial charge in [0.2, 0.25) is 11.8 Å². The number of benzene rings is 2. The molecule has 0 radical (unpaired) electrons. The van der Waals surface area contributed by atoms with E-state index in [1.54, 1.807) is 44.4 Å². The minimum Gasteiger partial charge on any atom is -0.496 e. The van der Waals surface area contributed by atoms with Gasteiger partial charge in [0.05, 0.1) is 33.3 Å². The second-order valence-corrected chi connectivity index (χ2v) is 7.42. The average molecular weight is 412 g/mol. The van der Waals surface area contributed by atoms with E-state index < -0.39 is 5.92 Å². The molecule has 2 atom stereocenters. The van der Waals surface area contributed by atoms with Crippen molar-refractivity contribution in [3.05, 3.63) is 47.5 Å². The van der Waals surface area contributed by atoms with Gasteiger partial charge in [-0.25, -0.2) is 0 Å². The molecule has 0 spiro atoms. The first-order valence-corrected chi connectivity index (χ1v) is 9.85. The summed E-state index contributed by atoms with van der Waals surface area (Å²) in [6.07, 6.45) is 0.165. The molecule has 30 heavy (non-hydrogen) atoms. The van der Waals surface area contributed by atoms with Crippen molar-refractivity contribution in [1.82, 2.24) is 5.32 Å². The standard InChI is InChI=1S/C23H28N2O5/c1-14-6-8-19(28-3)18(10-14)15(2)24-23(27)16-11-22(26)25(13-16)17-7-9-20(29-4)21(12-17)30-5/h6-10,12,15-16H,11,13H2,1-5H3,(H,24,27). The summed E-state index contributed by atoms with van der Waals surface area (Å²) < 4.78 is 16.0. The van der Waals surface area contributed by atoms with Crippen molar-refractivity contribution in [3.63, 3.8) is 0 Å². The maximum atomic E-state index is 12.9. The van der Waals surface area contributed by atoms with E-state index in [0.717, 1.165) is 16.9 Å². The van der Waals surface area contributed by atoms with E-state index in [1.165, 1.54) is 0 Å². The highest BCUT2D eigenvalue weighted by Crippen LogP contribution is 2.34. The molecule has 2 unspecified atom stereocenters. The Balaban J connectivity index is 1.72. The number of nitrogens with zero attached hydrogens (tertiary/aromatic N) is 1. The highest BCUT2D eigenvalue weighted by Gasteiger charge is 2.36. The van der Waals surface area contributed by atoms with Crippen LogP contribution in [0.5, 0.6) is 17.2 Å². The highest BCUT2D eigenvalue weighted by atomic mass is 16.5. The smallest absolute Gasteiger partial charge is 0.227 e. The summed E-state index contributed by atoms with van der Waals surface area (Å²) in [6, 6.07) is 10.9. The molecular formula is C23H28N2O5. The predicted molar refractivity (Wildman–Crippen MR) is 114 cm³/mol. The molecular weight excluding hydrogens is 384 g/mol. The van der Waals surface area contributed by atoms with Crippen molar-refractivity contribution in [3.8, 4) is 17.2 Å². The van der Waals surface area contributed by atoms with E-state index in [-0.39, 0.29) is 24.3 Å². The van der Waals surface area contributed by atoms with Crippen molar-refractivity contribution in [1.29, 1.82) is 0 Å². The number of nitrogens with one attached hydrogen (secondary N) is 1. The molecule has 160 valence electrons. The number of amides is 2. The zero-order valence-corrected chi connectivity index (χ0v) is 18.0. The van der Waals surface area contributed by atoms with Crippen molar-refractivity contribution in [2.24, 2.45) is 5.92 Å². The number of carbonyl (C=O) groups excluding carboxylic acids is 2. The molecule has 0 aromatic heterocycles. The summed E-state index contributed by atoms with van der Waals surface area (Å²) in [5.74, 6) is 1.18. The number of hydrogen-bond donors (Lipinski definition) is 1. The normalized spacial score (nSPS) is 16.9. The fourth-order valence-corrected chi connectivity index (χ4v) is 3.73. The minimum absolute atomic E-state index is 0.0943. The molecule has 3 rings (SSSR count). The van der Waals surface area contributed by atoms with Crippen LogP contribution in [0.4, 0.5) is 5.69 Å². The van der Waals surface area contributed by atoms with Crippen LogP contribution >= 0.6 is 0 Å². The summed E-state index contributed by atoms with van der Waals surface area (Å²) >= 11 is 0. The molecule has 0 aliphatic carbocycles. The van der Waals surface area contributed by atoms with Gasteiger partial charge in [0, 0.05) is 30.3 Å². The van der Waals surface area contributed by atoms with Gasteiger partial charge in [0.1, 0.15) is 5.75 Å². The van der Waals surface area contributed by atoms with Gasteiger partial charge in [-0.3, -0.25) is 9.59 Å². The van der Waals surface area contributed by atoms with Crippen molar-refractivity contribution in [2.75, 3.05) is 32.8 Å². The molecule has 1 aliphatic rings. The first-order valence-electron chi connectivity index (χ1n) is 9.85. The summed E-state index contributed by atoms with van der Waals surface area (Å²) in [5, 5.41) is 3.03. The fraction of sp³-hybridized carbons (Fsp3) is 0.391. The third-order valence-corrected chi connectivity index (χ3v) is 5.39. The Labute approximate surface area is 176 Å². The Morgan fingerprint density at radius 1 is 1.03 bits per heavy atom. The number of methoxy groups -OCH3 is 3. The predicted octanol–water partition coefficient (Wildman–Crippen LogP) is 3.25. The maximum absolute atomic E-state index is 12.9. The zero-order chi connectivity index (χ0) is 21.8. The van der Waals surface area contributed by atoms with Crippen molar-refractivity contribution in [2.45, 2.75) is 26.3 Å². The first-order chi connectivity index (χ1) is 14.4. The molecule has 1 aliphatic heterocycles. The van der Waals surface area contributed by atoms with Gasteiger partial charge in [0.15, 0.2) is 11.5 Å². The van der Waals surface area contributed by atoms with Gasteiger partial charge < -0.3 is 24.4 Å². The first kappa shape index (κ1) is 21.5. The van der Waals surface area contributed by atoms with E-state index in [1.807, 2.05) is 32.0 Å². The van der Waals surface area contributed by atoms with Crippen LogP contribution in [0.1, 0.15) is 30.5 Å². The number of rotatable bonds is 7. The Hall–Kier alpha value is -3.22. The molecule has 7 heteroatoms. The van der Waals surface area contributed by atoms with Crippen LogP contribution in [-0.2, 0) is 9.59 Å². The van der Waals surface area contributed by atoms with E-state index in [0.29, 0.717) is 23.7 Å². The van der Waals surface area contributed by atoms with Crippen LogP contribution in [0.15, 0.2) is 36.4 Å². The quantitative estimate of drug-likeness (QED) is 0.755. The lowest BCUT2D eigenvalue weighted by atomic mass is 10.0. The largest absolute Gasteiger partial charge is 0.496 e.